The molecule has 0 heterocycles. The molecule has 2 rings (SSSR count). The molecule has 0 unspecified atom stereocenters. The number of hydrogen-bond acceptors (Lipinski definition) is 2. The number of hydrogen-bond donors (Lipinski definition) is 1. The number of benzene rings is 1. The highest BCUT2D eigenvalue weighted by Gasteiger charge is 2.20. The van der Waals surface area contributed by atoms with E-state index in [0.717, 1.165) is 37.3 Å². The van der Waals surface area contributed by atoms with Crippen LogP contribution in [0.1, 0.15) is 38.7 Å². The van der Waals surface area contributed by atoms with Gasteiger partial charge >= 0.3 is 0 Å². The summed E-state index contributed by atoms with van der Waals surface area (Å²) in [5.74, 6) is -0.130. The van der Waals surface area contributed by atoms with Crippen molar-refractivity contribution >= 4 is 5.69 Å². The number of nitrogens with zero attached hydrogens (tertiary/aromatic N) is 1. The van der Waals surface area contributed by atoms with Crippen LogP contribution in [-0.2, 0) is 6.54 Å². The molecule has 1 aliphatic carbocycles. The van der Waals surface area contributed by atoms with E-state index in [1.807, 2.05) is 0 Å². The minimum absolute atomic E-state index is 0.130. The summed E-state index contributed by atoms with van der Waals surface area (Å²) in [4.78, 5) is 2.23. The van der Waals surface area contributed by atoms with Crippen molar-refractivity contribution in [3.8, 4) is 0 Å². The van der Waals surface area contributed by atoms with Crippen LogP contribution in [0.3, 0.4) is 0 Å². The maximum Gasteiger partial charge on any atom is 0.125 e. The van der Waals surface area contributed by atoms with Gasteiger partial charge in [-0.3, -0.25) is 0 Å². The first-order valence-corrected chi connectivity index (χ1v) is 7.00. The molecule has 0 aromatic heterocycles. The fraction of sp³-hybridized carbons (Fsp3) is 0.600. The SMILES string of the molecule is CCCN(CC)c1cc(F)cc(CNC2CC2)c1. The average Bonchev–Trinajstić information content (AvgIpc) is 3.16. The van der Waals surface area contributed by atoms with Crippen molar-refractivity contribution in [2.24, 2.45) is 0 Å². The molecule has 1 aromatic rings. The Kier molecular flexibility index (Phi) is 4.59. The van der Waals surface area contributed by atoms with E-state index in [1.165, 1.54) is 12.8 Å². The van der Waals surface area contributed by atoms with Gasteiger partial charge < -0.3 is 10.2 Å². The lowest BCUT2D eigenvalue weighted by atomic mass is 10.1. The van der Waals surface area contributed by atoms with Crippen LogP contribution >= 0.6 is 0 Å². The lowest BCUT2D eigenvalue weighted by molar-refractivity contribution is 0.618. The molecule has 0 saturated heterocycles. The van der Waals surface area contributed by atoms with Crippen LogP contribution < -0.4 is 10.2 Å². The van der Waals surface area contributed by atoms with Gasteiger partial charge in [0.05, 0.1) is 0 Å². The molecule has 100 valence electrons. The van der Waals surface area contributed by atoms with Crippen molar-refractivity contribution in [2.75, 3.05) is 18.0 Å². The highest BCUT2D eigenvalue weighted by molar-refractivity contribution is 5.49. The van der Waals surface area contributed by atoms with Crippen LogP contribution in [0.5, 0.6) is 0 Å². The van der Waals surface area contributed by atoms with Gasteiger partial charge in [-0.25, -0.2) is 4.39 Å². The summed E-state index contributed by atoms with van der Waals surface area (Å²) in [6.07, 6.45) is 3.61. The molecule has 0 radical (unpaired) electrons. The standard InChI is InChI=1S/C15H23FN2/c1-3-7-18(4-2)15-9-12(8-13(16)10-15)11-17-14-5-6-14/h8-10,14,17H,3-7,11H2,1-2H3. The molecule has 1 fully saturated rings. The minimum atomic E-state index is -0.130. The number of nitrogens with one attached hydrogen (secondary N) is 1. The van der Waals surface area contributed by atoms with E-state index in [0.29, 0.717) is 6.04 Å². The fourth-order valence-corrected chi connectivity index (χ4v) is 2.21. The Labute approximate surface area is 109 Å². The maximum atomic E-state index is 13.7. The van der Waals surface area contributed by atoms with Crippen molar-refractivity contribution in [1.82, 2.24) is 5.32 Å². The van der Waals surface area contributed by atoms with Crippen LogP contribution in [0.2, 0.25) is 0 Å². The summed E-state index contributed by atoms with van der Waals surface area (Å²) in [7, 11) is 0. The van der Waals surface area contributed by atoms with Crippen LogP contribution in [0, 0.1) is 5.82 Å². The second-order valence-electron chi connectivity index (χ2n) is 5.05. The van der Waals surface area contributed by atoms with E-state index in [1.54, 1.807) is 12.1 Å². The number of rotatable bonds is 7. The number of halogens is 1. The molecule has 0 spiro atoms. The van der Waals surface area contributed by atoms with Crippen molar-refractivity contribution < 1.29 is 4.39 Å². The zero-order valence-electron chi connectivity index (χ0n) is 11.4. The van der Waals surface area contributed by atoms with Gasteiger partial charge in [-0.2, -0.15) is 0 Å². The Morgan fingerprint density at radius 3 is 2.67 bits per heavy atom. The lowest BCUT2D eigenvalue weighted by Crippen LogP contribution is -2.24. The molecular weight excluding hydrogens is 227 g/mol. The molecular formula is C15H23FN2. The predicted molar refractivity (Wildman–Crippen MR) is 74.4 cm³/mol. The second kappa shape index (κ2) is 6.19. The molecule has 1 N–H and O–H groups in total. The molecule has 1 aromatic carbocycles. The molecule has 1 saturated carbocycles. The van der Waals surface area contributed by atoms with Gasteiger partial charge in [0.1, 0.15) is 5.82 Å². The molecule has 1 aliphatic rings. The molecule has 0 atom stereocenters. The van der Waals surface area contributed by atoms with Crippen LogP contribution in [-0.4, -0.2) is 19.1 Å². The van der Waals surface area contributed by atoms with E-state index in [4.69, 9.17) is 0 Å². The third kappa shape index (κ3) is 3.70. The summed E-state index contributed by atoms with van der Waals surface area (Å²) < 4.78 is 13.7. The summed E-state index contributed by atoms with van der Waals surface area (Å²) in [6, 6.07) is 6.05. The average molecular weight is 250 g/mol. The van der Waals surface area contributed by atoms with Crippen LogP contribution in [0.4, 0.5) is 10.1 Å². The Morgan fingerprint density at radius 1 is 1.28 bits per heavy atom. The van der Waals surface area contributed by atoms with Gasteiger partial charge in [0.2, 0.25) is 0 Å². The molecule has 0 aliphatic heterocycles. The summed E-state index contributed by atoms with van der Waals surface area (Å²) in [6.45, 7) is 6.95. The molecule has 0 amide bonds. The normalized spacial score (nSPS) is 14.8. The van der Waals surface area contributed by atoms with Gasteiger partial charge in [0.15, 0.2) is 0 Å². The molecule has 0 bridgehead atoms. The fourth-order valence-electron chi connectivity index (χ4n) is 2.21. The van der Waals surface area contributed by atoms with E-state index in [9.17, 15) is 4.39 Å². The Morgan fingerprint density at radius 2 is 2.06 bits per heavy atom. The molecule has 18 heavy (non-hydrogen) atoms. The predicted octanol–water partition coefficient (Wildman–Crippen LogP) is 3.31. The summed E-state index contributed by atoms with van der Waals surface area (Å²) in [5.41, 5.74) is 2.05. The van der Waals surface area contributed by atoms with Crippen molar-refractivity contribution in [3.05, 3.63) is 29.6 Å². The zero-order chi connectivity index (χ0) is 13.0. The van der Waals surface area contributed by atoms with E-state index in [2.05, 4.69) is 30.1 Å². The molecule has 3 heteroatoms. The third-order valence-corrected chi connectivity index (χ3v) is 3.35. The Bertz CT molecular complexity index is 388. The zero-order valence-corrected chi connectivity index (χ0v) is 11.4. The van der Waals surface area contributed by atoms with E-state index in [-0.39, 0.29) is 5.82 Å². The lowest BCUT2D eigenvalue weighted by Gasteiger charge is -2.23. The smallest absolute Gasteiger partial charge is 0.125 e. The van der Waals surface area contributed by atoms with Crippen molar-refractivity contribution in [1.29, 1.82) is 0 Å². The monoisotopic (exact) mass is 250 g/mol. The van der Waals surface area contributed by atoms with Crippen molar-refractivity contribution in [2.45, 2.75) is 45.7 Å². The van der Waals surface area contributed by atoms with E-state index < -0.39 is 0 Å². The van der Waals surface area contributed by atoms with Gasteiger partial charge in [-0.05, 0) is 49.9 Å². The largest absolute Gasteiger partial charge is 0.372 e. The first kappa shape index (κ1) is 13.3. The second-order valence-corrected chi connectivity index (χ2v) is 5.05. The van der Waals surface area contributed by atoms with E-state index >= 15 is 0 Å². The first-order valence-electron chi connectivity index (χ1n) is 7.00. The highest BCUT2D eigenvalue weighted by atomic mass is 19.1. The maximum absolute atomic E-state index is 13.7. The molecule has 2 nitrogen and oxygen atoms in total. The minimum Gasteiger partial charge on any atom is -0.372 e. The number of anilines is 1. The van der Waals surface area contributed by atoms with Crippen LogP contribution in [0.25, 0.3) is 0 Å². The highest BCUT2D eigenvalue weighted by Crippen LogP contribution is 2.22. The Hall–Kier alpha value is -1.09. The quantitative estimate of drug-likeness (QED) is 0.798. The van der Waals surface area contributed by atoms with Crippen LogP contribution in [0.15, 0.2) is 18.2 Å². The van der Waals surface area contributed by atoms with Gasteiger partial charge in [-0.15, -0.1) is 0 Å². The summed E-state index contributed by atoms with van der Waals surface area (Å²) in [5, 5.41) is 3.43. The first-order chi connectivity index (χ1) is 8.72. The van der Waals surface area contributed by atoms with Gasteiger partial charge in [0.25, 0.3) is 0 Å². The van der Waals surface area contributed by atoms with Crippen molar-refractivity contribution in [3.63, 3.8) is 0 Å². The van der Waals surface area contributed by atoms with Gasteiger partial charge in [-0.1, -0.05) is 6.92 Å². The third-order valence-electron chi connectivity index (χ3n) is 3.35. The summed E-state index contributed by atoms with van der Waals surface area (Å²) >= 11 is 0. The Balaban J connectivity index is 2.07. The van der Waals surface area contributed by atoms with Gasteiger partial charge in [0, 0.05) is 31.4 Å². The topological polar surface area (TPSA) is 15.3 Å².